The molecule has 37 heavy (non-hydrogen) atoms. The number of hydrogen-bond donors (Lipinski definition) is 1. The number of carboxylic acids is 1. The first-order valence-corrected chi connectivity index (χ1v) is 12.4. The second-order valence-electron chi connectivity index (χ2n) is 9.39. The quantitative estimate of drug-likeness (QED) is 0.430. The largest absolute Gasteiger partial charge is 0.478 e. The fourth-order valence-electron chi connectivity index (χ4n) is 5.39. The van der Waals surface area contributed by atoms with Crippen molar-refractivity contribution in [2.75, 3.05) is 61.1 Å². The number of carbonyl (C=O) groups is 1. The van der Waals surface area contributed by atoms with Crippen molar-refractivity contribution in [1.29, 1.82) is 0 Å². The van der Waals surface area contributed by atoms with Crippen molar-refractivity contribution in [3.8, 4) is 0 Å². The molecular weight excluding hydrogens is 509 g/mol. The first-order valence-electron chi connectivity index (χ1n) is 12.4. The minimum atomic E-state index is -0.886. The molecule has 8 heteroatoms. The van der Waals surface area contributed by atoms with Crippen LogP contribution in [0.4, 0.5) is 17.1 Å². The zero-order valence-corrected chi connectivity index (χ0v) is 22.7. The van der Waals surface area contributed by atoms with Crippen LogP contribution >= 0.6 is 24.8 Å². The number of aromatic carboxylic acids is 1. The zero-order chi connectivity index (χ0) is 24.3. The molecule has 5 rings (SSSR count). The van der Waals surface area contributed by atoms with E-state index in [1.807, 2.05) is 19.2 Å². The van der Waals surface area contributed by atoms with E-state index in [9.17, 15) is 4.79 Å². The van der Waals surface area contributed by atoms with Crippen molar-refractivity contribution in [2.24, 2.45) is 0 Å². The average Bonchev–Trinajstić information content (AvgIpc) is 2.94. The first-order chi connectivity index (χ1) is 17.1. The number of nitrogens with zero attached hydrogens (tertiary/aromatic N) is 3. The molecule has 0 spiro atoms. The summed E-state index contributed by atoms with van der Waals surface area (Å²) >= 11 is 0. The second-order valence-corrected chi connectivity index (χ2v) is 9.39. The summed E-state index contributed by atoms with van der Waals surface area (Å²) in [5.74, 6) is -0.886. The highest BCUT2D eigenvalue weighted by atomic mass is 35.5. The summed E-state index contributed by atoms with van der Waals surface area (Å²) in [4.78, 5) is 18.3. The van der Waals surface area contributed by atoms with Crippen molar-refractivity contribution < 1.29 is 14.6 Å². The molecule has 6 nitrogen and oxygen atoms in total. The van der Waals surface area contributed by atoms with Crippen LogP contribution in [0.2, 0.25) is 0 Å². The van der Waals surface area contributed by atoms with Gasteiger partial charge >= 0.3 is 5.97 Å². The van der Waals surface area contributed by atoms with Gasteiger partial charge in [0.25, 0.3) is 0 Å². The number of piperidine rings is 1. The van der Waals surface area contributed by atoms with E-state index in [1.165, 1.54) is 16.9 Å². The highest BCUT2D eigenvalue weighted by Gasteiger charge is 2.36. The number of rotatable bonds is 6. The lowest BCUT2D eigenvalue weighted by Crippen LogP contribution is -2.46. The summed E-state index contributed by atoms with van der Waals surface area (Å²) in [5, 5.41) is 9.10. The molecule has 3 aromatic rings. The van der Waals surface area contributed by atoms with E-state index in [1.54, 1.807) is 12.1 Å². The number of carboxylic acid groups (broad SMARTS) is 1. The molecule has 2 heterocycles. The standard InChI is InChI=1S/C29H33N3O3.2ClH/c1-35-29(24-5-3-2-4-6-24)15-17-30(18-16-29)26-11-13-27(14-12-26)32-21-19-31(20-22-32)25-9-7-23(8-10-25)28(33)34;;/h2-14H,15-22H2,1H3,(H,33,34);2*1H. The topological polar surface area (TPSA) is 56.2 Å². The first kappa shape index (κ1) is 28.6. The molecule has 2 aliphatic heterocycles. The molecule has 2 aliphatic rings. The van der Waals surface area contributed by atoms with E-state index < -0.39 is 5.97 Å². The third-order valence-corrected chi connectivity index (χ3v) is 7.60. The lowest BCUT2D eigenvalue weighted by atomic mass is 9.84. The molecule has 1 N–H and O–H groups in total. The van der Waals surface area contributed by atoms with E-state index in [4.69, 9.17) is 9.84 Å². The molecule has 2 saturated heterocycles. The van der Waals surface area contributed by atoms with Gasteiger partial charge in [0.2, 0.25) is 0 Å². The van der Waals surface area contributed by atoms with Gasteiger partial charge < -0.3 is 24.5 Å². The molecule has 0 atom stereocenters. The van der Waals surface area contributed by atoms with Crippen LogP contribution in [-0.4, -0.2) is 57.5 Å². The predicted octanol–water partition coefficient (Wildman–Crippen LogP) is 5.70. The molecule has 0 radical (unpaired) electrons. The van der Waals surface area contributed by atoms with E-state index in [2.05, 4.69) is 69.3 Å². The number of methoxy groups -OCH3 is 1. The Labute approximate surface area is 231 Å². The van der Waals surface area contributed by atoms with Crippen molar-refractivity contribution >= 4 is 47.8 Å². The fraction of sp³-hybridized carbons (Fsp3) is 0.345. The molecule has 0 unspecified atom stereocenters. The Morgan fingerprint density at radius 2 is 1.08 bits per heavy atom. The van der Waals surface area contributed by atoms with E-state index in [0.29, 0.717) is 5.56 Å². The van der Waals surface area contributed by atoms with Crippen LogP contribution in [0, 0.1) is 0 Å². The van der Waals surface area contributed by atoms with Gasteiger partial charge in [-0.25, -0.2) is 4.79 Å². The van der Waals surface area contributed by atoms with Gasteiger partial charge in [-0.1, -0.05) is 30.3 Å². The van der Waals surface area contributed by atoms with Crippen LogP contribution in [-0.2, 0) is 10.3 Å². The summed E-state index contributed by atoms with van der Waals surface area (Å²) in [6, 6.07) is 26.7. The normalized spacial score (nSPS) is 16.9. The van der Waals surface area contributed by atoms with E-state index >= 15 is 0 Å². The average molecular weight is 545 g/mol. The molecule has 0 amide bonds. The molecule has 3 aromatic carbocycles. The Balaban J connectivity index is 0.00000190. The molecule has 198 valence electrons. The van der Waals surface area contributed by atoms with Crippen LogP contribution in [0.1, 0.15) is 28.8 Å². The monoisotopic (exact) mass is 543 g/mol. The van der Waals surface area contributed by atoms with Gasteiger partial charge in [0.15, 0.2) is 0 Å². The smallest absolute Gasteiger partial charge is 0.335 e. The third kappa shape index (κ3) is 6.15. The Hall–Kier alpha value is -2.93. The zero-order valence-electron chi connectivity index (χ0n) is 21.1. The van der Waals surface area contributed by atoms with Crippen molar-refractivity contribution in [3.63, 3.8) is 0 Å². The maximum atomic E-state index is 11.1. The van der Waals surface area contributed by atoms with Gasteiger partial charge in [-0.3, -0.25) is 0 Å². The summed E-state index contributed by atoms with van der Waals surface area (Å²) in [5.41, 5.74) is 5.01. The molecular formula is C29H35Cl2N3O3. The predicted molar refractivity (Wildman–Crippen MR) is 155 cm³/mol. The number of benzene rings is 3. The van der Waals surface area contributed by atoms with Gasteiger partial charge in [-0.15, -0.1) is 24.8 Å². The van der Waals surface area contributed by atoms with E-state index in [0.717, 1.165) is 57.8 Å². The molecule has 0 aromatic heterocycles. The maximum Gasteiger partial charge on any atom is 0.335 e. The highest BCUT2D eigenvalue weighted by molar-refractivity contribution is 5.88. The fourth-order valence-corrected chi connectivity index (χ4v) is 5.39. The molecule has 2 fully saturated rings. The number of hydrogen-bond acceptors (Lipinski definition) is 5. The third-order valence-electron chi connectivity index (χ3n) is 7.60. The summed E-state index contributed by atoms with van der Waals surface area (Å²) in [7, 11) is 1.84. The van der Waals surface area contributed by atoms with Gasteiger partial charge in [0, 0.05) is 63.4 Å². The summed E-state index contributed by atoms with van der Waals surface area (Å²) in [6.45, 7) is 5.66. The molecule has 0 aliphatic carbocycles. The van der Waals surface area contributed by atoms with Gasteiger partial charge in [-0.2, -0.15) is 0 Å². The minimum absolute atomic E-state index is 0. The van der Waals surface area contributed by atoms with Crippen LogP contribution < -0.4 is 14.7 Å². The highest BCUT2D eigenvalue weighted by Crippen LogP contribution is 2.37. The van der Waals surface area contributed by atoms with Crippen molar-refractivity contribution in [2.45, 2.75) is 18.4 Å². The molecule has 0 saturated carbocycles. The Kier molecular flexibility index (Phi) is 9.71. The van der Waals surface area contributed by atoms with Gasteiger partial charge in [-0.05, 0) is 66.9 Å². The second kappa shape index (κ2) is 12.5. The van der Waals surface area contributed by atoms with Crippen LogP contribution in [0.25, 0.3) is 0 Å². The van der Waals surface area contributed by atoms with Gasteiger partial charge in [0.1, 0.15) is 0 Å². The van der Waals surface area contributed by atoms with Gasteiger partial charge in [0.05, 0.1) is 11.2 Å². The summed E-state index contributed by atoms with van der Waals surface area (Å²) in [6.07, 6.45) is 1.95. The lowest BCUT2D eigenvalue weighted by Gasteiger charge is -2.42. The Bertz CT molecular complexity index is 1130. The van der Waals surface area contributed by atoms with Crippen LogP contribution in [0.5, 0.6) is 0 Å². The van der Waals surface area contributed by atoms with Crippen LogP contribution in [0.3, 0.4) is 0 Å². The van der Waals surface area contributed by atoms with Crippen molar-refractivity contribution in [3.05, 3.63) is 90.0 Å². The SMILES string of the molecule is COC1(c2ccccc2)CCN(c2ccc(N3CCN(c4ccc(C(=O)O)cc4)CC3)cc2)CC1.Cl.Cl. The lowest BCUT2D eigenvalue weighted by molar-refractivity contribution is -0.0346. The Morgan fingerprint density at radius 1 is 0.676 bits per heavy atom. The number of anilines is 3. The number of ether oxygens (including phenoxy) is 1. The Morgan fingerprint density at radius 3 is 1.49 bits per heavy atom. The minimum Gasteiger partial charge on any atom is -0.478 e. The number of halogens is 2. The van der Waals surface area contributed by atoms with Crippen molar-refractivity contribution in [1.82, 2.24) is 0 Å². The van der Waals surface area contributed by atoms with Crippen LogP contribution in [0.15, 0.2) is 78.9 Å². The number of piperazine rings is 1. The van der Waals surface area contributed by atoms with E-state index in [-0.39, 0.29) is 30.4 Å². The summed E-state index contributed by atoms with van der Waals surface area (Å²) < 4.78 is 6.04. The molecule has 0 bridgehead atoms. The maximum absolute atomic E-state index is 11.1.